The maximum atomic E-state index is 13.6. The van der Waals surface area contributed by atoms with Crippen LogP contribution >= 0.6 is 0 Å². The summed E-state index contributed by atoms with van der Waals surface area (Å²) in [4.78, 5) is 49.7. The highest BCUT2D eigenvalue weighted by Gasteiger charge is 2.38. The van der Waals surface area contributed by atoms with E-state index < -0.39 is 5.92 Å². The molecule has 2 aliphatic heterocycles. The number of nitrogens with zero attached hydrogens (tertiary/aromatic N) is 3. The highest BCUT2D eigenvalue weighted by atomic mass is 16.5. The Morgan fingerprint density at radius 3 is 2.74 bits per heavy atom. The van der Waals surface area contributed by atoms with Crippen molar-refractivity contribution >= 4 is 28.4 Å². The lowest BCUT2D eigenvalue weighted by Crippen LogP contribution is -2.42. The number of para-hydroxylation sites is 1. The summed E-state index contributed by atoms with van der Waals surface area (Å²) >= 11 is 0. The summed E-state index contributed by atoms with van der Waals surface area (Å²) in [5.74, 6) is -0.206. The molecule has 3 aromatic rings. The second-order valence-corrected chi connectivity index (χ2v) is 9.12. The molecule has 2 amide bonds. The Kier molecular flexibility index (Phi) is 6.15. The first-order valence-electron chi connectivity index (χ1n) is 11.7. The Bertz CT molecular complexity index is 1260. The third-order valence-corrected chi connectivity index (χ3v) is 6.58. The molecule has 3 heterocycles. The SMILES string of the molecule is Cc1ccc(N2CC(C(=O)N(Cc3nc4ccccc4c(=O)[nH]3)CC3CCCO3)CC2=O)cc1. The third kappa shape index (κ3) is 4.59. The molecule has 34 heavy (non-hydrogen) atoms. The van der Waals surface area contributed by atoms with Gasteiger partial charge < -0.3 is 19.5 Å². The molecule has 0 aliphatic carbocycles. The number of H-pyrrole nitrogens is 1. The molecule has 8 heteroatoms. The molecule has 176 valence electrons. The average molecular weight is 461 g/mol. The Morgan fingerprint density at radius 1 is 1.18 bits per heavy atom. The van der Waals surface area contributed by atoms with Crippen LogP contribution in [-0.4, -0.2) is 52.5 Å². The molecule has 8 nitrogen and oxygen atoms in total. The molecule has 2 atom stereocenters. The van der Waals surface area contributed by atoms with Crippen LogP contribution in [0.4, 0.5) is 5.69 Å². The largest absolute Gasteiger partial charge is 0.376 e. The molecular formula is C26H28N4O4. The van der Waals surface area contributed by atoms with Crippen molar-refractivity contribution in [3.8, 4) is 0 Å². The van der Waals surface area contributed by atoms with Gasteiger partial charge in [0.05, 0.1) is 29.5 Å². The van der Waals surface area contributed by atoms with Crippen molar-refractivity contribution in [3.05, 3.63) is 70.3 Å². The summed E-state index contributed by atoms with van der Waals surface area (Å²) in [7, 11) is 0. The van der Waals surface area contributed by atoms with Crippen molar-refractivity contribution in [1.29, 1.82) is 0 Å². The number of anilines is 1. The number of nitrogens with one attached hydrogen (secondary N) is 1. The molecule has 5 rings (SSSR count). The van der Waals surface area contributed by atoms with Crippen LogP contribution in [0.5, 0.6) is 0 Å². The summed E-state index contributed by atoms with van der Waals surface area (Å²) in [6.45, 7) is 3.58. The van der Waals surface area contributed by atoms with E-state index in [-0.39, 0.29) is 36.4 Å². The molecule has 2 unspecified atom stereocenters. The fourth-order valence-corrected chi connectivity index (χ4v) is 4.76. The second-order valence-electron chi connectivity index (χ2n) is 9.12. The molecule has 1 aromatic heterocycles. The van der Waals surface area contributed by atoms with Gasteiger partial charge in [-0.1, -0.05) is 29.8 Å². The highest BCUT2D eigenvalue weighted by Crippen LogP contribution is 2.27. The molecule has 2 aliphatic rings. The molecule has 2 fully saturated rings. The van der Waals surface area contributed by atoms with E-state index in [2.05, 4.69) is 9.97 Å². The lowest BCUT2D eigenvalue weighted by atomic mass is 10.1. The number of carbonyl (C=O) groups excluding carboxylic acids is 2. The van der Waals surface area contributed by atoms with Gasteiger partial charge >= 0.3 is 0 Å². The van der Waals surface area contributed by atoms with Gasteiger partial charge in [0.25, 0.3) is 5.56 Å². The predicted molar refractivity (Wildman–Crippen MR) is 128 cm³/mol. The number of aromatic amines is 1. The van der Waals surface area contributed by atoms with Gasteiger partial charge in [0.1, 0.15) is 5.82 Å². The first-order valence-corrected chi connectivity index (χ1v) is 11.7. The summed E-state index contributed by atoms with van der Waals surface area (Å²) in [5.41, 5.74) is 2.28. The van der Waals surface area contributed by atoms with Crippen molar-refractivity contribution in [2.24, 2.45) is 5.92 Å². The van der Waals surface area contributed by atoms with Gasteiger partial charge in [-0.2, -0.15) is 0 Å². The molecule has 0 saturated carbocycles. The van der Waals surface area contributed by atoms with Crippen molar-refractivity contribution in [2.45, 2.75) is 38.8 Å². The van der Waals surface area contributed by atoms with Crippen LogP contribution in [0.1, 0.15) is 30.7 Å². The van der Waals surface area contributed by atoms with Crippen molar-refractivity contribution in [1.82, 2.24) is 14.9 Å². The fraction of sp³-hybridized carbons (Fsp3) is 0.385. The minimum absolute atomic E-state index is 0.0542. The van der Waals surface area contributed by atoms with E-state index in [0.29, 0.717) is 36.4 Å². The molecule has 0 spiro atoms. The van der Waals surface area contributed by atoms with Gasteiger partial charge in [-0.25, -0.2) is 4.98 Å². The van der Waals surface area contributed by atoms with Crippen LogP contribution in [0.3, 0.4) is 0 Å². The number of aromatic nitrogens is 2. The maximum absolute atomic E-state index is 13.6. The minimum Gasteiger partial charge on any atom is -0.376 e. The third-order valence-electron chi connectivity index (χ3n) is 6.58. The Balaban J connectivity index is 1.38. The Hall–Kier alpha value is -3.52. The van der Waals surface area contributed by atoms with E-state index >= 15 is 0 Å². The van der Waals surface area contributed by atoms with E-state index in [1.165, 1.54) is 0 Å². The summed E-state index contributed by atoms with van der Waals surface area (Å²) in [6, 6.07) is 14.9. The number of carbonyl (C=O) groups is 2. The lowest BCUT2D eigenvalue weighted by molar-refractivity contribution is -0.138. The van der Waals surface area contributed by atoms with Crippen molar-refractivity contribution < 1.29 is 14.3 Å². The topological polar surface area (TPSA) is 95.6 Å². The standard InChI is InChI=1S/C26H28N4O4/c1-17-8-10-19(11-9-17)30-14-18(13-24(30)31)26(33)29(15-20-5-4-12-34-20)16-23-27-22-7-3-2-6-21(22)25(32)28-23/h2-3,6-11,18,20H,4-5,12-16H2,1H3,(H,27,28,32). The van der Waals surface area contributed by atoms with Gasteiger partial charge in [-0.05, 0) is 44.0 Å². The zero-order valence-electron chi connectivity index (χ0n) is 19.2. The lowest BCUT2D eigenvalue weighted by Gasteiger charge is -2.27. The second kappa shape index (κ2) is 9.38. The molecule has 0 radical (unpaired) electrons. The summed E-state index contributed by atoms with van der Waals surface area (Å²) < 4.78 is 5.79. The summed E-state index contributed by atoms with van der Waals surface area (Å²) in [5, 5.41) is 0.512. The number of ether oxygens (including phenoxy) is 1. The van der Waals surface area contributed by atoms with Gasteiger partial charge in [0.15, 0.2) is 0 Å². The zero-order chi connectivity index (χ0) is 23.7. The van der Waals surface area contributed by atoms with Crippen molar-refractivity contribution in [3.63, 3.8) is 0 Å². The van der Waals surface area contributed by atoms with Crippen LogP contribution in [-0.2, 0) is 20.9 Å². The quantitative estimate of drug-likeness (QED) is 0.610. The Morgan fingerprint density at radius 2 is 1.97 bits per heavy atom. The van der Waals surface area contributed by atoms with Gasteiger partial charge in [-0.15, -0.1) is 0 Å². The van der Waals surface area contributed by atoms with Crippen LogP contribution in [0, 0.1) is 12.8 Å². The molecule has 2 saturated heterocycles. The van der Waals surface area contributed by atoms with Gasteiger partial charge in [0, 0.05) is 31.8 Å². The summed E-state index contributed by atoms with van der Waals surface area (Å²) in [6.07, 6.45) is 1.95. The van der Waals surface area contributed by atoms with Crippen LogP contribution < -0.4 is 10.5 Å². The number of rotatable bonds is 6. The fourth-order valence-electron chi connectivity index (χ4n) is 4.76. The maximum Gasteiger partial charge on any atom is 0.258 e. The highest BCUT2D eigenvalue weighted by molar-refractivity contribution is 6.00. The van der Waals surface area contributed by atoms with E-state index in [1.807, 2.05) is 37.3 Å². The first-order chi connectivity index (χ1) is 16.5. The number of aryl methyl sites for hydroxylation is 1. The van der Waals surface area contributed by atoms with Gasteiger partial charge in [0.2, 0.25) is 11.8 Å². The molecule has 0 bridgehead atoms. The van der Waals surface area contributed by atoms with Crippen LogP contribution in [0.2, 0.25) is 0 Å². The monoisotopic (exact) mass is 460 g/mol. The molecule has 2 aromatic carbocycles. The molecular weight excluding hydrogens is 432 g/mol. The number of amides is 2. The van der Waals surface area contributed by atoms with Crippen molar-refractivity contribution in [2.75, 3.05) is 24.6 Å². The number of benzene rings is 2. The first kappa shape index (κ1) is 22.3. The van der Waals surface area contributed by atoms with E-state index in [0.717, 1.165) is 24.1 Å². The Labute approximate surface area is 197 Å². The predicted octanol–water partition coefficient (Wildman–Crippen LogP) is 2.79. The van der Waals surface area contributed by atoms with E-state index in [4.69, 9.17) is 4.74 Å². The van der Waals surface area contributed by atoms with E-state index in [9.17, 15) is 14.4 Å². The minimum atomic E-state index is -0.456. The normalized spacial score (nSPS) is 20.3. The smallest absolute Gasteiger partial charge is 0.258 e. The number of hydrogen-bond acceptors (Lipinski definition) is 5. The zero-order valence-corrected chi connectivity index (χ0v) is 19.2. The van der Waals surface area contributed by atoms with Gasteiger partial charge in [-0.3, -0.25) is 14.4 Å². The molecule has 1 N–H and O–H groups in total. The number of fused-ring (bicyclic) bond motifs is 1. The van der Waals surface area contributed by atoms with E-state index in [1.54, 1.807) is 28.0 Å². The number of hydrogen-bond donors (Lipinski definition) is 1. The van der Waals surface area contributed by atoms with Crippen LogP contribution in [0.15, 0.2) is 53.3 Å². The average Bonchev–Trinajstić information content (AvgIpc) is 3.48. The van der Waals surface area contributed by atoms with Crippen LogP contribution in [0.25, 0.3) is 10.9 Å².